The number of nitrogens with one attached hydrogen (secondary N) is 1. The summed E-state index contributed by atoms with van der Waals surface area (Å²) in [5.74, 6) is -0.203. The van der Waals surface area contributed by atoms with Gasteiger partial charge in [-0.05, 0) is 59.9 Å². The van der Waals surface area contributed by atoms with E-state index < -0.39 is 22.7 Å². The standard InChI is InChI=1S/C29H31FN2O3S2/c1-36-23-12-10-22(11-13-23)28(21-6-4-3-5-7-21)32-16-19(17-32)18-35-27-15-26(30)25(29(33)31-37(2)34)14-24(27)20-8-9-20/h3-7,10-15,19-20,28H,8-9,16-18H2,1-2H3,(H,31,33). The molecule has 2 fully saturated rings. The van der Waals surface area contributed by atoms with E-state index in [4.69, 9.17) is 4.74 Å². The van der Waals surface area contributed by atoms with Crippen molar-refractivity contribution in [1.82, 2.24) is 9.62 Å². The van der Waals surface area contributed by atoms with Crippen molar-refractivity contribution in [2.24, 2.45) is 5.92 Å². The quantitative estimate of drug-likeness (QED) is 0.343. The number of amides is 1. The van der Waals surface area contributed by atoms with E-state index in [1.807, 2.05) is 6.07 Å². The van der Waals surface area contributed by atoms with Crippen LogP contribution in [0.15, 0.2) is 71.6 Å². The minimum Gasteiger partial charge on any atom is -0.493 e. The molecule has 1 N–H and O–H groups in total. The van der Waals surface area contributed by atoms with Crippen LogP contribution in [-0.2, 0) is 11.0 Å². The number of likely N-dealkylation sites (tertiary alicyclic amines) is 1. The number of carbonyl (C=O) groups excluding carboxylic acids is 1. The van der Waals surface area contributed by atoms with Gasteiger partial charge in [0.1, 0.15) is 22.6 Å². The molecule has 0 radical (unpaired) electrons. The average molecular weight is 539 g/mol. The summed E-state index contributed by atoms with van der Waals surface area (Å²) in [6.45, 7) is 2.26. The third kappa shape index (κ3) is 6.08. The number of hydrogen-bond donors (Lipinski definition) is 1. The minimum absolute atomic E-state index is 0.0857. The van der Waals surface area contributed by atoms with Crippen molar-refractivity contribution in [3.63, 3.8) is 0 Å². The van der Waals surface area contributed by atoms with Crippen LogP contribution in [0.1, 0.15) is 51.8 Å². The molecule has 1 aliphatic carbocycles. The fourth-order valence-corrected chi connectivity index (χ4v) is 5.72. The smallest absolute Gasteiger partial charge is 0.265 e. The van der Waals surface area contributed by atoms with E-state index in [0.29, 0.717) is 18.3 Å². The number of thioether (sulfide) groups is 1. The van der Waals surface area contributed by atoms with Gasteiger partial charge in [-0.2, -0.15) is 0 Å². The summed E-state index contributed by atoms with van der Waals surface area (Å²) in [6.07, 6.45) is 5.42. The second-order valence-electron chi connectivity index (χ2n) is 9.75. The van der Waals surface area contributed by atoms with Gasteiger partial charge >= 0.3 is 0 Å². The van der Waals surface area contributed by atoms with Gasteiger partial charge in [0.15, 0.2) is 0 Å². The number of rotatable bonds is 10. The molecular formula is C29H31FN2O3S2. The van der Waals surface area contributed by atoms with E-state index in [0.717, 1.165) is 31.5 Å². The van der Waals surface area contributed by atoms with Crippen molar-refractivity contribution in [2.75, 3.05) is 32.2 Å². The lowest BCUT2D eigenvalue weighted by Crippen LogP contribution is -2.51. The monoisotopic (exact) mass is 538 g/mol. The number of halogens is 1. The van der Waals surface area contributed by atoms with Gasteiger partial charge < -0.3 is 4.74 Å². The second-order valence-corrected chi connectivity index (χ2v) is 11.7. The Morgan fingerprint density at radius 2 is 1.78 bits per heavy atom. The van der Waals surface area contributed by atoms with E-state index in [1.54, 1.807) is 17.8 Å². The Bertz CT molecular complexity index is 1280. The molecule has 3 aromatic rings. The predicted molar refractivity (Wildman–Crippen MR) is 147 cm³/mol. The fraction of sp³-hybridized carbons (Fsp3) is 0.345. The molecule has 37 heavy (non-hydrogen) atoms. The molecule has 1 amide bonds. The lowest BCUT2D eigenvalue weighted by molar-refractivity contribution is 0.0375. The van der Waals surface area contributed by atoms with Crippen LogP contribution in [0, 0.1) is 11.7 Å². The summed E-state index contributed by atoms with van der Waals surface area (Å²) in [4.78, 5) is 16.0. The molecule has 0 bridgehead atoms. The van der Waals surface area contributed by atoms with Gasteiger partial charge in [0.05, 0.1) is 18.2 Å². The van der Waals surface area contributed by atoms with Crippen LogP contribution >= 0.6 is 11.8 Å². The molecule has 1 aliphatic heterocycles. The minimum atomic E-state index is -1.56. The maximum atomic E-state index is 14.8. The zero-order chi connectivity index (χ0) is 25.9. The van der Waals surface area contributed by atoms with E-state index in [9.17, 15) is 13.4 Å². The molecule has 2 aliphatic rings. The third-order valence-electron chi connectivity index (χ3n) is 6.97. The van der Waals surface area contributed by atoms with Gasteiger partial charge in [0.2, 0.25) is 0 Å². The van der Waals surface area contributed by atoms with E-state index in [-0.39, 0.29) is 17.5 Å². The molecule has 1 saturated carbocycles. The molecule has 5 nitrogen and oxygen atoms in total. The molecule has 1 heterocycles. The van der Waals surface area contributed by atoms with Crippen LogP contribution in [0.25, 0.3) is 0 Å². The van der Waals surface area contributed by atoms with Crippen molar-refractivity contribution in [1.29, 1.82) is 0 Å². The lowest BCUT2D eigenvalue weighted by atomic mass is 9.90. The van der Waals surface area contributed by atoms with Crippen LogP contribution in [0.4, 0.5) is 4.39 Å². The number of ether oxygens (including phenoxy) is 1. The van der Waals surface area contributed by atoms with Gasteiger partial charge in [0.25, 0.3) is 5.91 Å². The second kappa shape index (κ2) is 11.4. The van der Waals surface area contributed by atoms with Crippen molar-refractivity contribution >= 4 is 28.7 Å². The molecule has 0 spiro atoms. The van der Waals surface area contributed by atoms with Crippen LogP contribution in [0.5, 0.6) is 5.75 Å². The maximum Gasteiger partial charge on any atom is 0.265 e. The van der Waals surface area contributed by atoms with Crippen molar-refractivity contribution in [2.45, 2.75) is 29.7 Å². The van der Waals surface area contributed by atoms with Crippen LogP contribution < -0.4 is 9.46 Å². The molecule has 2 atom stereocenters. The normalized spacial score (nSPS) is 17.6. The first-order valence-corrected chi connectivity index (χ1v) is 15.2. The Kier molecular flexibility index (Phi) is 7.98. The molecule has 8 heteroatoms. The number of benzene rings is 3. The molecule has 1 saturated heterocycles. The van der Waals surface area contributed by atoms with Crippen molar-refractivity contribution in [3.8, 4) is 5.75 Å². The van der Waals surface area contributed by atoms with Gasteiger partial charge in [-0.25, -0.2) is 8.60 Å². The Morgan fingerprint density at radius 3 is 2.41 bits per heavy atom. The summed E-state index contributed by atoms with van der Waals surface area (Å²) in [6, 6.07) is 22.4. The molecule has 3 aromatic carbocycles. The maximum absolute atomic E-state index is 14.8. The zero-order valence-electron chi connectivity index (χ0n) is 21.0. The summed E-state index contributed by atoms with van der Waals surface area (Å²) in [7, 11) is -1.56. The Balaban J connectivity index is 1.27. The average Bonchev–Trinajstić information content (AvgIpc) is 3.71. The topological polar surface area (TPSA) is 58.6 Å². The van der Waals surface area contributed by atoms with Gasteiger partial charge in [-0.3, -0.25) is 14.4 Å². The summed E-state index contributed by atoms with van der Waals surface area (Å²) < 4.78 is 34.6. The summed E-state index contributed by atoms with van der Waals surface area (Å²) in [5, 5.41) is 0. The number of hydrogen-bond acceptors (Lipinski definition) is 5. The first kappa shape index (κ1) is 25.9. The Hall–Kier alpha value is -2.68. The highest BCUT2D eigenvalue weighted by Crippen LogP contribution is 2.45. The highest BCUT2D eigenvalue weighted by atomic mass is 32.2. The SMILES string of the molecule is CSc1ccc(C(c2ccccc2)N2CC(COc3cc(F)c(C(=O)NS(C)=O)cc3C3CC3)C2)cc1. The van der Waals surface area contributed by atoms with Gasteiger partial charge in [-0.1, -0.05) is 42.5 Å². The van der Waals surface area contributed by atoms with Gasteiger partial charge in [0, 0.05) is 36.2 Å². The van der Waals surface area contributed by atoms with Gasteiger partial charge in [-0.15, -0.1) is 11.8 Å². The Labute approximate surface area is 224 Å². The van der Waals surface area contributed by atoms with Crippen molar-refractivity contribution < 1.29 is 18.1 Å². The highest BCUT2D eigenvalue weighted by molar-refractivity contribution is 7.98. The van der Waals surface area contributed by atoms with E-state index >= 15 is 0 Å². The largest absolute Gasteiger partial charge is 0.493 e. The van der Waals surface area contributed by atoms with Crippen molar-refractivity contribution in [3.05, 3.63) is 94.8 Å². The molecule has 2 unspecified atom stereocenters. The van der Waals surface area contributed by atoms with Crippen LogP contribution in [0.2, 0.25) is 0 Å². The molecular weight excluding hydrogens is 507 g/mol. The molecule has 5 rings (SSSR count). The number of carbonyl (C=O) groups is 1. The van der Waals surface area contributed by atoms with E-state index in [1.165, 1.54) is 28.3 Å². The van der Waals surface area contributed by atoms with Crippen LogP contribution in [0.3, 0.4) is 0 Å². The number of nitrogens with zero attached hydrogens (tertiary/aromatic N) is 1. The first-order chi connectivity index (χ1) is 17.9. The first-order valence-electron chi connectivity index (χ1n) is 12.5. The molecule has 0 aromatic heterocycles. The predicted octanol–water partition coefficient (Wildman–Crippen LogP) is 5.55. The Morgan fingerprint density at radius 1 is 1.11 bits per heavy atom. The van der Waals surface area contributed by atoms with E-state index in [2.05, 4.69) is 64.4 Å². The summed E-state index contributed by atoms with van der Waals surface area (Å²) >= 11 is 1.74. The molecule has 194 valence electrons. The highest BCUT2D eigenvalue weighted by Gasteiger charge is 2.35. The van der Waals surface area contributed by atoms with Crippen LogP contribution in [-0.4, -0.2) is 47.2 Å². The summed E-state index contributed by atoms with van der Waals surface area (Å²) in [5.41, 5.74) is 3.31. The zero-order valence-corrected chi connectivity index (χ0v) is 22.6. The third-order valence-corrected chi connectivity index (χ3v) is 8.19. The lowest BCUT2D eigenvalue weighted by Gasteiger charge is -2.44. The fourth-order valence-electron chi connectivity index (χ4n) is 4.94.